The molecule has 0 bridgehead atoms. The van der Waals surface area contributed by atoms with Gasteiger partial charge in [0.05, 0.1) is 6.10 Å². The molecule has 3 aromatic rings. The van der Waals surface area contributed by atoms with Gasteiger partial charge in [-0.2, -0.15) is 0 Å². The predicted molar refractivity (Wildman–Crippen MR) is 130 cm³/mol. The molecule has 3 rings (SSSR count). The molecule has 0 spiro atoms. The number of benzene rings is 2. The molecule has 3 heteroatoms. The van der Waals surface area contributed by atoms with Crippen LogP contribution in [0.15, 0.2) is 42.5 Å². The third-order valence-electron chi connectivity index (χ3n) is 6.58. The number of hydrogen-bond acceptors (Lipinski definition) is 3. The van der Waals surface area contributed by atoms with Gasteiger partial charge in [0.2, 0.25) is 0 Å². The van der Waals surface area contributed by atoms with Gasteiger partial charge in [0.15, 0.2) is 0 Å². The van der Waals surface area contributed by atoms with E-state index in [4.69, 9.17) is 4.74 Å². The van der Waals surface area contributed by atoms with Crippen LogP contribution >= 0.6 is 11.3 Å². The van der Waals surface area contributed by atoms with Gasteiger partial charge in [0.1, 0.15) is 12.4 Å². The van der Waals surface area contributed by atoms with Crippen LogP contribution in [0.5, 0.6) is 5.75 Å². The number of aryl methyl sites for hydroxylation is 2. The van der Waals surface area contributed by atoms with Crippen LogP contribution in [-0.2, 0) is 11.8 Å². The van der Waals surface area contributed by atoms with Crippen molar-refractivity contribution < 1.29 is 9.84 Å². The molecule has 1 unspecified atom stereocenters. The molecule has 0 aliphatic heterocycles. The molecule has 30 heavy (non-hydrogen) atoms. The molecule has 1 heterocycles. The topological polar surface area (TPSA) is 29.5 Å². The highest BCUT2D eigenvalue weighted by molar-refractivity contribution is 7.19. The van der Waals surface area contributed by atoms with Crippen molar-refractivity contribution in [3.8, 4) is 5.75 Å². The molecule has 1 aromatic heterocycles. The van der Waals surface area contributed by atoms with E-state index in [2.05, 4.69) is 70.2 Å². The summed E-state index contributed by atoms with van der Waals surface area (Å²) in [6, 6.07) is 15.9. The lowest BCUT2D eigenvalue weighted by Crippen LogP contribution is -2.26. The number of ether oxygens (including phenoxy) is 1. The average Bonchev–Trinajstić information content (AvgIpc) is 3.17. The molecule has 162 valence electrons. The molecule has 0 saturated heterocycles. The molecule has 1 N–H and O–H groups in total. The van der Waals surface area contributed by atoms with E-state index in [0.717, 1.165) is 30.6 Å². The minimum Gasteiger partial charge on any atom is -0.491 e. The normalized spacial score (nSPS) is 13.2. The first-order chi connectivity index (χ1) is 14.3. The fourth-order valence-corrected chi connectivity index (χ4v) is 5.26. The number of hydrogen-bond donors (Lipinski definition) is 1. The van der Waals surface area contributed by atoms with E-state index in [9.17, 15) is 5.11 Å². The monoisotopic (exact) mass is 424 g/mol. The summed E-state index contributed by atoms with van der Waals surface area (Å²) in [4.78, 5) is 1.45. The first-order valence-electron chi connectivity index (χ1n) is 11.3. The summed E-state index contributed by atoms with van der Waals surface area (Å²) in [5.41, 5.74) is 3.85. The molecule has 0 aliphatic rings. The Hall–Kier alpha value is -1.84. The van der Waals surface area contributed by atoms with Crippen molar-refractivity contribution in [3.63, 3.8) is 0 Å². The van der Waals surface area contributed by atoms with Crippen LogP contribution in [0.4, 0.5) is 0 Å². The van der Waals surface area contributed by atoms with Gasteiger partial charge in [0.25, 0.3) is 0 Å². The van der Waals surface area contributed by atoms with E-state index in [-0.39, 0.29) is 11.3 Å². The number of rotatable bonds is 9. The highest BCUT2D eigenvalue weighted by atomic mass is 32.1. The summed E-state index contributed by atoms with van der Waals surface area (Å²) < 4.78 is 7.30. The highest BCUT2D eigenvalue weighted by Gasteiger charge is 2.31. The van der Waals surface area contributed by atoms with Crippen LogP contribution in [0.2, 0.25) is 0 Å². The van der Waals surface area contributed by atoms with Crippen LogP contribution < -0.4 is 4.74 Å². The molecule has 0 saturated carbocycles. The Balaban J connectivity index is 1.96. The smallest absolute Gasteiger partial charge is 0.122 e. The Labute approximate surface area is 185 Å². The van der Waals surface area contributed by atoms with Crippen molar-refractivity contribution >= 4 is 21.4 Å². The second kappa shape index (κ2) is 9.53. The van der Waals surface area contributed by atoms with Crippen LogP contribution in [-0.4, -0.2) is 17.8 Å². The summed E-state index contributed by atoms with van der Waals surface area (Å²) in [6.45, 7) is 13.3. The maximum Gasteiger partial charge on any atom is 0.122 e. The van der Waals surface area contributed by atoms with E-state index in [1.54, 1.807) is 0 Å². The van der Waals surface area contributed by atoms with Crippen LogP contribution in [0.3, 0.4) is 0 Å². The predicted octanol–water partition coefficient (Wildman–Crippen LogP) is 7.27. The lowest BCUT2D eigenvalue weighted by Gasteiger charge is -2.34. The SMILES string of the molecule is CCc1cc2cc(C(CC)(CC)c3ccc(OCC(O)C(C)C)c(C)c3)ccc2s1. The molecule has 0 amide bonds. The summed E-state index contributed by atoms with van der Waals surface area (Å²) in [5.74, 6) is 1.05. The summed E-state index contributed by atoms with van der Waals surface area (Å²) in [7, 11) is 0. The van der Waals surface area contributed by atoms with Gasteiger partial charge < -0.3 is 9.84 Å². The maximum atomic E-state index is 10.1. The van der Waals surface area contributed by atoms with Crippen molar-refractivity contribution in [2.75, 3.05) is 6.61 Å². The maximum absolute atomic E-state index is 10.1. The molecule has 0 fully saturated rings. The van der Waals surface area contributed by atoms with Crippen molar-refractivity contribution in [2.45, 2.75) is 72.3 Å². The van der Waals surface area contributed by atoms with E-state index in [0.29, 0.717) is 6.61 Å². The third-order valence-corrected chi connectivity index (χ3v) is 7.84. The second-order valence-corrected chi connectivity index (χ2v) is 9.88. The van der Waals surface area contributed by atoms with Crippen molar-refractivity contribution in [2.24, 2.45) is 5.92 Å². The van der Waals surface area contributed by atoms with Gasteiger partial charge in [-0.1, -0.05) is 52.8 Å². The standard InChI is InChI=1S/C27H36O2S/c1-7-23-16-20-15-22(11-13-26(20)30-23)27(8-2,9-3)21-10-12-25(19(6)14-21)29-17-24(28)18(4)5/h10-16,18,24,28H,7-9,17H2,1-6H3. The highest BCUT2D eigenvalue weighted by Crippen LogP contribution is 2.42. The van der Waals surface area contributed by atoms with E-state index < -0.39 is 6.10 Å². The number of aliphatic hydroxyl groups excluding tert-OH is 1. The number of thiophene rings is 1. The van der Waals surface area contributed by atoms with Crippen LogP contribution in [0.25, 0.3) is 10.1 Å². The van der Waals surface area contributed by atoms with Gasteiger partial charge >= 0.3 is 0 Å². The molecule has 0 radical (unpaired) electrons. The van der Waals surface area contributed by atoms with Gasteiger partial charge in [-0.05, 0) is 78.4 Å². The lowest BCUT2D eigenvalue weighted by atomic mass is 9.70. The Kier molecular flexibility index (Phi) is 7.26. The molecule has 1 atom stereocenters. The Bertz CT molecular complexity index is 982. The number of aliphatic hydroxyl groups is 1. The average molecular weight is 425 g/mol. The summed E-state index contributed by atoms with van der Waals surface area (Å²) in [5, 5.41) is 11.4. The quantitative estimate of drug-likeness (QED) is 0.391. The lowest BCUT2D eigenvalue weighted by molar-refractivity contribution is 0.0698. The van der Waals surface area contributed by atoms with E-state index >= 15 is 0 Å². The minimum atomic E-state index is -0.445. The Morgan fingerprint density at radius 3 is 2.23 bits per heavy atom. The van der Waals surface area contributed by atoms with Gasteiger partial charge in [-0.3, -0.25) is 0 Å². The van der Waals surface area contributed by atoms with Crippen molar-refractivity contribution in [3.05, 3.63) is 64.0 Å². The molecular formula is C27H36O2S. The largest absolute Gasteiger partial charge is 0.491 e. The summed E-state index contributed by atoms with van der Waals surface area (Å²) >= 11 is 1.90. The van der Waals surface area contributed by atoms with Crippen molar-refractivity contribution in [1.82, 2.24) is 0 Å². The fourth-order valence-electron chi connectivity index (χ4n) is 4.28. The van der Waals surface area contributed by atoms with Gasteiger partial charge in [0, 0.05) is 15.0 Å². The van der Waals surface area contributed by atoms with Gasteiger partial charge in [-0.25, -0.2) is 0 Å². The van der Waals surface area contributed by atoms with Crippen molar-refractivity contribution in [1.29, 1.82) is 0 Å². The molecule has 0 aliphatic carbocycles. The minimum absolute atomic E-state index is 0.0107. The number of fused-ring (bicyclic) bond motifs is 1. The fraction of sp³-hybridized carbons (Fsp3) is 0.481. The zero-order chi connectivity index (χ0) is 21.9. The summed E-state index contributed by atoms with van der Waals surface area (Å²) in [6.07, 6.45) is 2.74. The Morgan fingerprint density at radius 1 is 0.967 bits per heavy atom. The van der Waals surface area contributed by atoms with Gasteiger partial charge in [-0.15, -0.1) is 11.3 Å². The van der Waals surface area contributed by atoms with E-state index in [1.165, 1.54) is 26.1 Å². The molecule has 2 nitrogen and oxygen atoms in total. The first kappa shape index (κ1) is 22.8. The molecular weight excluding hydrogens is 388 g/mol. The van der Waals surface area contributed by atoms with Crippen LogP contribution in [0, 0.1) is 12.8 Å². The zero-order valence-electron chi connectivity index (χ0n) is 19.3. The third kappa shape index (κ3) is 4.43. The van der Waals surface area contributed by atoms with E-state index in [1.807, 2.05) is 25.2 Å². The zero-order valence-corrected chi connectivity index (χ0v) is 20.1. The second-order valence-electron chi connectivity index (χ2n) is 8.71. The first-order valence-corrected chi connectivity index (χ1v) is 12.1. The van der Waals surface area contributed by atoms with Crippen LogP contribution in [0.1, 0.15) is 69.0 Å². The Morgan fingerprint density at radius 2 is 1.63 bits per heavy atom. The molecule has 2 aromatic carbocycles.